The molecule has 48 valence electrons. The summed E-state index contributed by atoms with van der Waals surface area (Å²) in [5.74, 6) is 0. The van der Waals surface area contributed by atoms with Crippen LogP contribution in [0.4, 0.5) is 4.79 Å². The van der Waals surface area contributed by atoms with Gasteiger partial charge in [0.2, 0.25) is 0 Å². The average molecular weight is 140 g/mol. The highest BCUT2D eigenvalue weighted by molar-refractivity contribution is 7.41. The third kappa shape index (κ3) is 3.80. The summed E-state index contributed by atoms with van der Waals surface area (Å²) >= 11 is 0. The predicted molar refractivity (Wildman–Crippen MR) is 25.3 cm³/mol. The third-order valence-electron chi connectivity index (χ3n) is 0.312. The second-order valence-electron chi connectivity index (χ2n) is 0.778. The molecule has 0 saturated carbocycles. The Morgan fingerprint density at radius 1 is 1.75 bits per heavy atom. The Balaban J connectivity index is 3.24. The first-order valence-corrected chi connectivity index (χ1v) is 2.74. The molecule has 0 aromatic rings. The monoisotopic (exact) mass is 140 g/mol. The fourth-order valence-corrected chi connectivity index (χ4v) is 0.312. The first kappa shape index (κ1) is 7.62. The van der Waals surface area contributed by atoms with Gasteiger partial charge in [-0.1, -0.05) is 0 Å². The molecule has 0 heterocycles. The predicted octanol–water partition coefficient (Wildman–Crippen LogP) is 0.547. The zero-order valence-corrected chi connectivity index (χ0v) is 4.96. The van der Waals surface area contributed by atoms with Gasteiger partial charge in [-0.25, -0.2) is 4.79 Å². The lowest BCUT2D eigenvalue weighted by atomic mass is 11.5. The van der Waals surface area contributed by atoms with E-state index < -0.39 is 14.8 Å². The topological polar surface area (TPSA) is 76.0 Å². The van der Waals surface area contributed by atoms with Crippen LogP contribution in [0.25, 0.3) is 0 Å². The molecule has 6 heteroatoms. The minimum atomic E-state index is -2.22. The molecule has 0 aliphatic heterocycles. The molecule has 1 atom stereocenters. The van der Waals surface area contributed by atoms with Gasteiger partial charge in [0.05, 0.1) is 0 Å². The summed E-state index contributed by atoms with van der Waals surface area (Å²) in [5, 5.41) is 7.77. The highest BCUT2D eigenvalue weighted by Crippen LogP contribution is 2.30. The molecule has 0 spiro atoms. The maximum absolute atomic E-state index is 9.52. The smallest absolute Gasteiger partial charge is 0.449 e. The zero-order chi connectivity index (χ0) is 6.57. The molecule has 1 unspecified atom stereocenters. The van der Waals surface area contributed by atoms with Crippen molar-refractivity contribution in [3.63, 3.8) is 0 Å². The Morgan fingerprint density at radius 2 is 2.25 bits per heavy atom. The zero-order valence-electron chi connectivity index (χ0n) is 4.07. The van der Waals surface area contributed by atoms with Crippen LogP contribution in [0.1, 0.15) is 0 Å². The van der Waals surface area contributed by atoms with Gasteiger partial charge in [-0.05, 0) is 0 Å². The van der Waals surface area contributed by atoms with Crippen LogP contribution in [0, 0.1) is 0 Å². The quantitative estimate of drug-likeness (QED) is 0.547. The Kier molecular flexibility index (Phi) is 3.43. The molecular weight excluding hydrogens is 135 g/mol. The Bertz CT molecular complexity index is 82.5. The maximum atomic E-state index is 9.52. The van der Waals surface area contributed by atoms with Crippen LogP contribution in [0.5, 0.6) is 0 Å². The van der Waals surface area contributed by atoms with Gasteiger partial charge in [-0.15, -0.1) is 0 Å². The van der Waals surface area contributed by atoms with E-state index in [-0.39, 0.29) is 0 Å². The summed E-state index contributed by atoms with van der Waals surface area (Å²) in [4.78, 5) is 17.8. The SMILES string of the molecule is COP(O)OC(=O)O. The van der Waals surface area contributed by atoms with Crippen molar-refractivity contribution < 1.29 is 23.8 Å². The lowest BCUT2D eigenvalue weighted by Crippen LogP contribution is -1.94. The lowest BCUT2D eigenvalue weighted by molar-refractivity contribution is 0.134. The molecule has 2 N–H and O–H groups in total. The van der Waals surface area contributed by atoms with Crippen molar-refractivity contribution in [2.24, 2.45) is 0 Å². The number of hydrogen-bond acceptors (Lipinski definition) is 4. The lowest BCUT2D eigenvalue weighted by Gasteiger charge is -2.00. The van der Waals surface area contributed by atoms with Crippen LogP contribution in [0.3, 0.4) is 0 Å². The van der Waals surface area contributed by atoms with Gasteiger partial charge in [-0.3, -0.25) is 0 Å². The van der Waals surface area contributed by atoms with Crippen molar-refractivity contribution >= 4 is 14.8 Å². The highest BCUT2D eigenvalue weighted by atomic mass is 31.2. The van der Waals surface area contributed by atoms with E-state index in [1.165, 1.54) is 0 Å². The Morgan fingerprint density at radius 3 is 2.38 bits per heavy atom. The molecule has 0 rings (SSSR count). The van der Waals surface area contributed by atoms with E-state index in [2.05, 4.69) is 9.05 Å². The van der Waals surface area contributed by atoms with E-state index in [0.717, 1.165) is 7.11 Å². The molecule has 0 aliphatic rings. The van der Waals surface area contributed by atoms with Gasteiger partial charge in [0.25, 0.3) is 0 Å². The van der Waals surface area contributed by atoms with Crippen LogP contribution in [0.2, 0.25) is 0 Å². The van der Waals surface area contributed by atoms with Crippen LogP contribution in [-0.2, 0) is 9.05 Å². The number of carboxylic acid groups (broad SMARTS) is 1. The van der Waals surface area contributed by atoms with E-state index in [1.807, 2.05) is 0 Å². The fraction of sp³-hybridized carbons (Fsp3) is 0.500. The van der Waals surface area contributed by atoms with E-state index in [9.17, 15) is 4.79 Å². The van der Waals surface area contributed by atoms with Crippen molar-refractivity contribution in [1.82, 2.24) is 0 Å². The van der Waals surface area contributed by atoms with Crippen LogP contribution >= 0.6 is 8.60 Å². The molecule has 8 heavy (non-hydrogen) atoms. The Hall–Kier alpha value is -0.380. The number of rotatable bonds is 2. The average Bonchev–Trinajstić information content (AvgIpc) is 1.65. The molecule has 0 fully saturated rings. The molecule has 0 bridgehead atoms. The van der Waals surface area contributed by atoms with Gasteiger partial charge >= 0.3 is 14.8 Å². The van der Waals surface area contributed by atoms with Crippen molar-refractivity contribution in [2.45, 2.75) is 0 Å². The number of carbonyl (C=O) groups is 1. The second kappa shape index (κ2) is 3.60. The van der Waals surface area contributed by atoms with E-state index in [1.54, 1.807) is 0 Å². The van der Waals surface area contributed by atoms with E-state index in [0.29, 0.717) is 0 Å². The van der Waals surface area contributed by atoms with Gasteiger partial charge in [0, 0.05) is 7.11 Å². The van der Waals surface area contributed by atoms with E-state index >= 15 is 0 Å². The molecular formula is C2H5O5P. The first-order valence-electron chi connectivity index (χ1n) is 1.61. The molecule has 0 radical (unpaired) electrons. The Labute approximate surface area is 46.8 Å². The maximum Gasteiger partial charge on any atom is 0.512 e. The van der Waals surface area contributed by atoms with Crippen LogP contribution < -0.4 is 0 Å². The summed E-state index contributed by atoms with van der Waals surface area (Å²) in [6.07, 6.45) is -1.54. The summed E-state index contributed by atoms with van der Waals surface area (Å²) < 4.78 is 7.79. The summed E-state index contributed by atoms with van der Waals surface area (Å²) in [5.41, 5.74) is 0. The van der Waals surface area contributed by atoms with Crippen LogP contribution in [0.15, 0.2) is 0 Å². The normalized spacial score (nSPS) is 12.8. The number of hydrogen-bond donors (Lipinski definition) is 2. The van der Waals surface area contributed by atoms with Gasteiger partial charge in [0.1, 0.15) is 0 Å². The highest BCUT2D eigenvalue weighted by Gasteiger charge is 2.08. The minimum Gasteiger partial charge on any atom is -0.449 e. The molecule has 0 aromatic carbocycles. The summed E-state index contributed by atoms with van der Waals surface area (Å²) in [7, 11) is -1.07. The third-order valence-corrected chi connectivity index (χ3v) is 0.937. The first-order chi connectivity index (χ1) is 3.66. The van der Waals surface area contributed by atoms with Crippen molar-refractivity contribution in [1.29, 1.82) is 0 Å². The van der Waals surface area contributed by atoms with Crippen molar-refractivity contribution in [3.05, 3.63) is 0 Å². The van der Waals surface area contributed by atoms with E-state index in [4.69, 9.17) is 10.00 Å². The second-order valence-corrected chi connectivity index (χ2v) is 1.80. The van der Waals surface area contributed by atoms with Gasteiger partial charge in [-0.2, -0.15) is 0 Å². The molecule has 0 amide bonds. The van der Waals surface area contributed by atoms with Gasteiger partial charge in [0.15, 0.2) is 0 Å². The molecule has 0 aromatic heterocycles. The summed E-state index contributed by atoms with van der Waals surface area (Å²) in [6.45, 7) is 0. The van der Waals surface area contributed by atoms with Gasteiger partial charge < -0.3 is 19.0 Å². The van der Waals surface area contributed by atoms with Crippen molar-refractivity contribution in [2.75, 3.05) is 7.11 Å². The minimum absolute atomic E-state index is 1.15. The molecule has 5 nitrogen and oxygen atoms in total. The largest absolute Gasteiger partial charge is 0.512 e. The molecule has 0 aliphatic carbocycles. The molecule has 0 saturated heterocycles. The standard InChI is InChI=1S/C2H5O5P/c1-6-8(5)7-2(3)4/h5H,1H3,(H,3,4). The van der Waals surface area contributed by atoms with Crippen LogP contribution in [-0.4, -0.2) is 23.3 Å². The fourth-order valence-electron chi connectivity index (χ4n) is 0.104. The van der Waals surface area contributed by atoms with Crippen molar-refractivity contribution in [3.8, 4) is 0 Å². The summed E-state index contributed by atoms with van der Waals surface area (Å²) in [6, 6.07) is 0.